The van der Waals surface area contributed by atoms with Crippen molar-refractivity contribution in [1.82, 2.24) is 4.57 Å². The van der Waals surface area contributed by atoms with Crippen molar-refractivity contribution in [3.63, 3.8) is 0 Å². The van der Waals surface area contributed by atoms with Gasteiger partial charge in [-0.25, -0.2) is 0 Å². The van der Waals surface area contributed by atoms with Crippen LogP contribution >= 0.6 is 11.3 Å². The summed E-state index contributed by atoms with van der Waals surface area (Å²) >= 11 is 1.26. The molecule has 2 aromatic carbocycles. The van der Waals surface area contributed by atoms with Gasteiger partial charge >= 0.3 is 5.97 Å². The van der Waals surface area contributed by atoms with E-state index in [1.165, 1.54) is 44.8 Å². The van der Waals surface area contributed by atoms with Gasteiger partial charge in [0.2, 0.25) is 5.75 Å². The van der Waals surface area contributed by atoms with E-state index in [0.29, 0.717) is 27.8 Å². The molecule has 0 saturated heterocycles. The molecule has 0 aliphatic carbocycles. The summed E-state index contributed by atoms with van der Waals surface area (Å²) in [5, 5.41) is 0. The highest BCUT2D eigenvalue weighted by atomic mass is 32.1. The minimum Gasteiger partial charge on any atom is -0.497 e. The summed E-state index contributed by atoms with van der Waals surface area (Å²) in [5.74, 6) is 0.754. The highest BCUT2D eigenvalue weighted by Gasteiger charge is 2.18. The molecular weight excluding hydrogens is 436 g/mol. The molecule has 0 fully saturated rings. The molecule has 9 nitrogen and oxygen atoms in total. The number of hydrogen-bond acceptors (Lipinski definition) is 8. The number of nitrogens with zero attached hydrogens (tertiary/aromatic N) is 2. The Morgan fingerprint density at radius 2 is 1.66 bits per heavy atom. The maximum Gasteiger partial charge on any atom is 0.326 e. The van der Waals surface area contributed by atoms with Crippen molar-refractivity contribution in [2.45, 2.75) is 13.5 Å². The second-order valence-corrected chi connectivity index (χ2v) is 7.45. The number of amides is 1. The lowest BCUT2D eigenvalue weighted by molar-refractivity contribution is -0.143. The summed E-state index contributed by atoms with van der Waals surface area (Å²) in [6, 6.07) is 8.47. The average molecular weight is 461 g/mol. The molecule has 0 bridgehead atoms. The zero-order chi connectivity index (χ0) is 23.3. The zero-order valence-electron chi connectivity index (χ0n) is 18.5. The molecule has 0 aliphatic heterocycles. The van der Waals surface area contributed by atoms with E-state index >= 15 is 0 Å². The summed E-state index contributed by atoms with van der Waals surface area (Å²) in [5.41, 5.74) is 0.984. The van der Waals surface area contributed by atoms with Crippen LogP contribution in [0.4, 0.5) is 0 Å². The number of methoxy groups -OCH3 is 4. The number of ether oxygens (including phenoxy) is 5. The average Bonchev–Trinajstić information content (AvgIpc) is 3.13. The van der Waals surface area contributed by atoms with Gasteiger partial charge in [-0.3, -0.25) is 9.59 Å². The van der Waals surface area contributed by atoms with Gasteiger partial charge in [0.1, 0.15) is 12.3 Å². The second-order valence-electron chi connectivity index (χ2n) is 6.44. The summed E-state index contributed by atoms with van der Waals surface area (Å²) in [6.45, 7) is 1.91. The van der Waals surface area contributed by atoms with Crippen molar-refractivity contribution >= 4 is 33.4 Å². The number of esters is 1. The van der Waals surface area contributed by atoms with E-state index in [9.17, 15) is 9.59 Å². The molecule has 0 spiro atoms. The molecule has 1 heterocycles. The third-order valence-electron chi connectivity index (χ3n) is 4.59. The molecule has 0 N–H and O–H groups in total. The van der Waals surface area contributed by atoms with Crippen molar-refractivity contribution < 1.29 is 33.3 Å². The van der Waals surface area contributed by atoms with Gasteiger partial charge < -0.3 is 28.3 Å². The quantitative estimate of drug-likeness (QED) is 0.477. The molecule has 0 aliphatic rings. The zero-order valence-corrected chi connectivity index (χ0v) is 19.3. The fourth-order valence-corrected chi connectivity index (χ4v) is 4.17. The molecule has 10 heteroatoms. The van der Waals surface area contributed by atoms with Crippen LogP contribution in [0.5, 0.6) is 23.0 Å². The van der Waals surface area contributed by atoms with Gasteiger partial charge in [-0.05, 0) is 37.3 Å². The SMILES string of the molecule is CCOC(=O)Cn1c(=NC(=O)c2cc(OC)c(OC)c(OC)c2)sc2cc(OC)ccc21. The van der Waals surface area contributed by atoms with E-state index in [2.05, 4.69) is 4.99 Å². The van der Waals surface area contributed by atoms with Gasteiger partial charge in [0.05, 0.1) is 45.3 Å². The van der Waals surface area contributed by atoms with Crippen molar-refractivity contribution in [2.75, 3.05) is 35.0 Å². The van der Waals surface area contributed by atoms with Gasteiger partial charge in [-0.2, -0.15) is 4.99 Å². The Hall–Kier alpha value is -3.53. The molecule has 170 valence electrons. The van der Waals surface area contributed by atoms with Crippen LogP contribution in [0.15, 0.2) is 35.3 Å². The van der Waals surface area contributed by atoms with Crippen LogP contribution in [0, 0.1) is 0 Å². The minimum absolute atomic E-state index is 0.0818. The van der Waals surface area contributed by atoms with Crippen LogP contribution in [0.25, 0.3) is 10.2 Å². The number of rotatable bonds is 8. The molecule has 3 rings (SSSR count). The summed E-state index contributed by atoms with van der Waals surface area (Å²) in [6.07, 6.45) is 0. The Bertz CT molecular complexity index is 1190. The second kappa shape index (κ2) is 10.2. The molecule has 0 atom stereocenters. The Labute approximate surface area is 188 Å². The maximum atomic E-state index is 13.0. The molecule has 3 aromatic rings. The monoisotopic (exact) mass is 460 g/mol. The van der Waals surface area contributed by atoms with Gasteiger partial charge in [-0.1, -0.05) is 11.3 Å². The van der Waals surface area contributed by atoms with Crippen LogP contribution < -0.4 is 23.7 Å². The van der Waals surface area contributed by atoms with E-state index in [-0.39, 0.29) is 18.7 Å². The standard InChI is InChI=1S/C22H24N2O7S/c1-6-31-19(25)12-24-15-8-7-14(27-2)11-18(15)32-22(24)23-21(26)13-9-16(28-3)20(30-5)17(10-13)29-4/h7-11H,6,12H2,1-5H3. The number of fused-ring (bicyclic) bond motifs is 1. The highest BCUT2D eigenvalue weighted by molar-refractivity contribution is 7.16. The predicted molar refractivity (Wildman–Crippen MR) is 119 cm³/mol. The Morgan fingerprint density at radius 1 is 0.969 bits per heavy atom. The Kier molecular flexibility index (Phi) is 7.37. The first-order valence-electron chi connectivity index (χ1n) is 9.67. The molecule has 1 amide bonds. The number of carbonyl (C=O) groups excluding carboxylic acids is 2. The minimum atomic E-state index is -0.527. The maximum absolute atomic E-state index is 13.0. The molecular formula is C22H24N2O7S. The fraction of sp³-hybridized carbons (Fsp3) is 0.318. The summed E-state index contributed by atoms with van der Waals surface area (Å²) < 4.78 is 28.8. The van der Waals surface area contributed by atoms with E-state index < -0.39 is 11.9 Å². The van der Waals surface area contributed by atoms with E-state index in [0.717, 1.165) is 10.2 Å². The van der Waals surface area contributed by atoms with Crippen LogP contribution in [-0.4, -0.2) is 51.5 Å². The van der Waals surface area contributed by atoms with Gasteiger partial charge in [0, 0.05) is 5.56 Å². The lowest BCUT2D eigenvalue weighted by Crippen LogP contribution is -2.23. The van der Waals surface area contributed by atoms with Gasteiger partial charge in [-0.15, -0.1) is 0 Å². The van der Waals surface area contributed by atoms with Crippen molar-refractivity contribution in [3.8, 4) is 23.0 Å². The van der Waals surface area contributed by atoms with Gasteiger partial charge in [0.15, 0.2) is 16.3 Å². The molecule has 0 saturated carbocycles. The number of aromatic nitrogens is 1. The van der Waals surface area contributed by atoms with Crippen LogP contribution in [0.3, 0.4) is 0 Å². The normalized spacial score (nSPS) is 11.3. The van der Waals surface area contributed by atoms with Crippen molar-refractivity contribution in [2.24, 2.45) is 4.99 Å². The topological polar surface area (TPSA) is 97.6 Å². The van der Waals surface area contributed by atoms with E-state index in [1.54, 1.807) is 24.7 Å². The largest absolute Gasteiger partial charge is 0.497 e. The molecule has 32 heavy (non-hydrogen) atoms. The first-order chi connectivity index (χ1) is 15.4. The van der Waals surface area contributed by atoms with E-state index in [4.69, 9.17) is 23.7 Å². The van der Waals surface area contributed by atoms with Crippen molar-refractivity contribution in [1.29, 1.82) is 0 Å². The van der Waals surface area contributed by atoms with Crippen LogP contribution in [0.1, 0.15) is 17.3 Å². The number of thiazole rings is 1. The highest BCUT2D eigenvalue weighted by Crippen LogP contribution is 2.38. The lowest BCUT2D eigenvalue weighted by Gasteiger charge is -2.12. The third kappa shape index (κ3) is 4.70. The number of benzene rings is 2. The fourth-order valence-electron chi connectivity index (χ4n) is 3.11. The van der Waals surface area contributed by atoms with E-state index in [1.807, 2.05) is 12.1 Å². The molecule has 0 unspecified atom stereocenters. The predicted octanol–water partition coefficient (Wildman–Crippen LogP) is 3.04. The van der Waals surface area contributed by atoms with Gasteiger partial charge in [0.25, 0.3) is 5.91 Å². The first-order valence-corrected chi connectivity index (χ1v) is 10.5. The number of carbonyl (C=O) groups is 2. The van der Waals surface area contributed by atoms with Crippen LogP contribution in [0.2, 0.25) is 0 Å². The summed E-state index contributed by atoms with van der Waals surface area (Å²) in [4.78, 5) is 29.9. The molecule has 0 radical (unpaired) electrons. The summed E-state index contributed by atoms with van der Waals surface area (Å²) in [7, 11) is 5.99. The number of hydrogen-bond donors (Lipinski definition) is 0. The van der Waals surface area contributed by atoms with Crippen molar-refractivity contribution in [3.05, 3.63) is 40.7 Å². The lowest BCUT2D eigenvalue weighted by atomic mass is 10.1. The Balaban J connectivity index is 2.14. The molecule has 1 aromatic heterocycles. The smallest absolute Gasteiger partial charge is 0.326 e. The Morgan fingerprint density at radius 3 is 2.22 bits per heavy atom. The first kappa shape index (κ1) is 23.1. The van der Waals surface area contributed by atoms with Crippen LogP contribution in [-0.2, 0) is 16.1 Å². The third-order valence-corrected chi connectivity index (χ3v) is 5.63.